The minimum atomic E-state index is -0.486. The van der Waals surface area contributed by atoms with Crippen LogP contribution in [0.4, 0.5) is 11.4 Å². The molecule has 0 heterocycles. The quantitative estimate of drug-likeness (QED) is 0.334. The molecule has 0 fully saturated rings. The summed E-state index contributed by atoms with van der Waals surface area (Å²) in [6.45, 7) is 0.103. The largest absolute Gasteiger partial charge is 0.495 e. The van der Waals surface area contributed by atoms with Gasteiger partial charge < -0.3 is 9.84 Å². The van der Waals surface area contributed by atoms with Crippen molar-refractivity contribution in [2.24, 2.45) is 5.10 Å². The number of ether oxygens (including phenoxy) is 1. The third kappa shape index (κ3) is 4.02. The van der Waals surface area contributed by atoms with E-state index in [1.807, 2.05) is 0 Å². The standard InChI is InChI=1S/C11H15N3O4/c1-18-11-5-4-9(14(16)17)8-10(11)13-12-6-2-3-7-15/h4-6,8,13,15H,2-3,7H2,1H3/b12-6+. The predicted octanol–water partition coefficient (Wildman–Crippen LogP) is 1.77. The average Bonchev–Trinajstić information content (AvgIpc) is 2.38. The first-order valence-corrected chi connectivity index (χ1v) is 5.40. The first-order valence-electron chi connectivity index (χ1n) is 5.40. The fraction of sp³-hybridized carbons (Fsp3) is 0.364. The second-order valence-electron chi connectivity index (χ2n) is 3.43. The Labute approximate surface area is 104 Å². The van der Waals surface area contributed by atoms with Crippen LogP contribution in [0.15, 0.2) is 23.3 Å². The van der Waals surface area contributed by atoms with E-state index in [1.165, 1.54) is 25.3 Å². The molecule has 0 amide bonds. The van der Waals surface area contributed by atoms with E-state index in [0.29, 0.717) is 24.3 Å². The molecular weight excluding hydrogens is 238 g/mol. The molecule has 1 aromatic rings. The summed E-state index contributed by atoms with van der Waals surface area (Å²) < 4.78 is 5.06. The van der Waals surface area contributed by atoms with Gasteiger partial charge in [0.25, 0.3) is 5.69 Å². The third-order valence-corrected chi connectivity index (χ3v) is 2.16. The number of unbranched alkanes of at least 4 members (excludes halogenated alkanes) is 1. The van der Waals surface area contributed by atoms with Crippen molar-refractivity contribution in [3.63, 3.8) is 0 Å². The molecule has 0 unspecified atom stereocenters. The SMILES string of the molecule is COc1ccc([N+](=O)[O-])cc1N/N=C/CCCO. The highest BCUT2D eigenvalue weighted by Crippen LogP contribution is 2.28. The number of aliphatic hydroxyl groups excluding tert-OH is 1. The fourth-order valence-electron chi connectivity index (χ4n) is 1.26. The molecule has 1 aromatic carbocycles. The van der Waals surface area contributed by atoms with Gasteiger partial charge in [0.15, 0.2) is 0 Å². The van der Waals surface area contributed by atoms with Crippen LogP contribution < -0.4 is 10.2 Å². The number of nitrogens with zero attached hydrogens (tertiary/aromatic N) is 2. The van der Waals surface area contributed by atoms with Gasteiger partial charge in [-0.05, 0) is 18.9 Å². The molecule has 7 nitrogen and oxygen atoms in total. The number of hydrogen-bond donors (Lipinski definition) is 2. The van der Waals surface area contributed by atoms with Gasteiger partial charge in [-0.25, -0.2) is 0 Å². The lowest BCUT2D eigenvalue weighted by atomic mass is 10.2. The fourth-order valence-corrected chi connectivity index (χ4v) is 1.26. The topological polar surface area (TPSA) is 97.0 Å². The van der Waals surface area contributed by atoms with E-state index in [-0.39, 0.29) is 12.3 Å². The van der Waals surface area contributed by atoms with Crippen molar-refractivity contribution in [3.05, 3.63) is 28.3 Å². The van der Waals surface area contributed by atoms with E-state index >= 15 is 0 Å². The lowest BCUT2D eigenvalue weighted by molar-refractivity contribution is -0.384. The molecule has 0 aliphatic carbocycles. The third-order valence-electron chi connectivity index (χ3n) is 2.16. The molecule has 98 valence electrons. The second kappa shape index (κ2) is 7.23. The van der Waals surface area contributed by atoms with Crippen LogP contribution in [0, 0.1) is 10.1 Å². The van der Waals surface area contributed by atoms with Gasteiger partial charge in [0.1, 0.15) is 11.4 Å². The van der Waals surface area contributed by atoms with Gasteiger partial charge >= 0.3 is 0 Å². The maximum atomic E-state index is 10.6. The summed E-state index contributed by atoms with van der Waals surface area (Å²) in [7, 11) is 1.47. The summed E-state index contributed by atoms with van der Waals surface area (Å²) in [5.41, 5.74) is 3.06. The molecule has 0 bridgehead atoms. The van der Waals surface area contributed by atoms with Gasteiger partial charge in [-0.3, -0.25) is 15.5 Å². The van der Waals surface area contributed by atoms with Gasteiger partial charge in [-0.2, -0.15) is 5.10 Å². The Hall–Kier alpha value is -2.15. The van der Waals surface area contributed by atoms with E-state index < -0.39 is 4.92 Å². The van der Waals surface area contributed by atoms with Crippen molar-refractivity contribution < 1.29 is 14.8 Å². The number of hydrogen-bond acceptors (Lipinski definition) is 6. The minimum Gasteiger partial charge on any atom is -0.495 e. The Morgan fingerprint density at radius 2 is 2.39 bits per heavy atom. The Bertz CT molecular complexity index is 434. The van der Waals surface area contributed by atoms with Crippen LogP contribution in [0.1, 0.15) is 12.8 Å². The molecule has 0 atom stereocenters. The molecule has 0 aliphatic heterocycles. The Morgan fingerprint density at radius 3 is 3.00 bits per heavy atom. The molecule has 0 saturated carbocycles. The molecule has 0 saturated heterocycles. The van der Waals surface area contributed by atoms with E-state index in [9.17, 15) is 10.1 Å². The maximum Gasteiger partial charge on any atom is 0.271 e. The van der Waals surface area contributed by atoms with Crippen LogP contribution in [0.5, 0.6) is 5.75 Å². The molecule has 0 spiro atoms. The molecule has 0 aliphatic rings. The second-order valence-corrected chi connectivity index (χ2v) is 3.43. The highest BCUT2D eigenvalue weighted by molar-refractivity contribution is 5.64. The first-order chi connectivity index (χ1) is 8.69. The van der Waals surface area contributed by atoms with Crippen molar-refractivity contribution in [1.29, 1.82) is 0 Å². The number of benzene rings is 1. The molecule has 0 aromatic heterocycles. The molecule has 2 N–H and O–H groups in total. The zero-order chi connectivity index (χ0) is 13.4. The number of non-ortho nitro benzene ring substituents is 1. The van der Waals surface area contributed by atoms with Crippen LogP contribution in [-0.2, 0) is 0 Å². The van der Waals surface area contributed by atoms with Crippen molar-refractivity contribution in [2.45, 2.75) is 12.8 Å². The first kappa shape index (κ1) is 13.9. The molecular formula is C11H15N3O4. The molecule has 18 heavy (non-hydrogen) atoms. The molecule has 0 radical (unpaired) electrons. The Balaban J connectivity index is 2.75. The van der Waals surface area contributed by atoms with E-state index in [0.717, 1.165) is 0 Å². The highest BCUT2D eigenvalue weighted by atomic mass is 16.6. The summed E-state index contributed by atoms with van der Waals surface area (Å²) in [5, 5.41) is 23.1. The van der Waals surface area contributed by atoms with Gasteiger partial charge in [-0.1, -0.05) is 0 Å². The number of anilines is 1. The summed E-state index contributed by atoms with van der Waals surface area (Å²) in [4.78, 5) is 10.2. The average molecular weight is 253 g/mol. The van der Waals surface area contributed by atoms with Crippen molar-refractivity contribution in [2.75, 3.05) is 19.1 Å². The van der Waals surface area contributed by atoms with E-state index in [1.54, 1.807) is 6.21 Å². The van der Waals surface area contributed by atoms with Gasteiger partial charge in [-0.15, -0.1) is 0 Å². The zero-order valence-electron chi connectivity index (χ0n) is 10.00. The Morgan fingerprint density at radius 1 is 1.61 bits per heavy atom. The number of nitrogens with one attached hydrogen (secondary N) is 1. The zero-order valence-corrected chi connectivity index (χ0v) is 10.00. The lowest BCUT2D eigenvalue weighted by Crippen LogP contribution is -1.96. The number of rotatable bonds is 7. The van der Waals surface area contributed by atoms with Crippen molar-refractivity contribution in [3.8, 4) is 5.75 Å². The van der Waals surface area contributed by atoms with Crippen LogP contribution in [-0.4, -0.2) is 30.0 Å². The smallest absolute Gasteiger partial charge is 0.271 e. The summed E-state index contributed by atoms with van der Waals surface area (Å²) >= 11 is 0. The van der Waals surface area contributed by atoms with E-state index in [4.69, 9.17) is 9.84 Å². The maximum absolute atomic E-state index is 10.6. The summed E-state index contributed by atoms with van der Waals surface area (Å²) in [5.74, 6) is 0.472. The number of nitro groups is 1. The molecule has 1 rings (SSSR count). The normalized spacial score (nSPS) is 10.6. The van der Waals surface area contributed by atoms with Gasteiger partial charge in [0.2, 0.25) is 0 Å². The predicted molar refractivity (Wildman–Crippen MR) is 68.1 cm³/mol. The van der Waals surface area contributed by atoms with Crippen LogP contribution in [0.3, 0.4) is 0 Å². The number of methoxy groups -OCH3 is 1. The highest BCUT2D eigenvalue weighted by Gasteiger charge is 2.10. The van der Waals surface area contributed by atoms with Crippen molar-refractivity contribution in [1.82, 2.24) is 0 Å². The lowest BCUT2D eigenvalue weighted by Gasteiger charge is -2.06. The number of hydrazone groups is 1. The van der Waals surface area contributed by atoms with Gasteiger partial charge in [0.05, 0.1) is 12.0 Å². The number of nitro benzene ring substituents is 1. The molecule has 7 heteroatoms. The van der Waals surface area contributed by atoms with Gasteiger partial charge in [0, 0.05) is 25.0 Å². The van der Waals surface area contributed by atoms with E-state index in [2.05, 4.69) is 10.5 Å². The van der Waals surface area contributed by atoms with Crippen LogP contribution in [0.25, 0.3) is 0 Å². The van der Waals surface area contributed by atoms with Crippen molar-refractivity contribution >= 4 is 17.6 Å². The summed E-state index contributed by atoms with van der Waals surface area (Å²) in [6, 6.07) is 4.21. The Kier molecular flexibility index (Phi) is 5.59. The van der Waals surface area contributed by atoms with Crippen LogP contribution in [0.2, 0.25) is 0 Å². The van der Waals surface area contributed by atoms with Crippen LogP contribution >= 0.6 is 0 Å². The number of aliphatic hydroxyl groups is 1. The summed E-state index contributed by atoms with van der Waals surface area (Å²) in [6.07, 6.45) is 2.84. The monoisotopic (exact) mass is 253 g/mol. The minimum absolute atomic E-state index is 0.0381.